The van der Waals surface area contributed by atoms with Crippen LogP contribution in [0.4, 0.5) is 0 Å². The molecule has 1 rings (SSSR count). The van der Waals surface area contributed by atoms with Gasteiger partial charge in [-0.15, -0.1) is 0 Å². The van der Waals surface area contributed by atoms with Crippen molar-refractivity contribution in [2.45, 2.75) is 19.9 Å². The maximum absolute atomic E-state index is 11.5. The minimum Gasteiger partial charge on any atom is -0.438 e. The van der Waals surface area contributed by atoms with E-state index in [4.69, 9.17) is 22.4 Å². The van der Waals surface area contributed by atoms with Crippen molar-refractivity contribution in [2.24, 2.45) is 5.73 Å². The van der Waals surface area contributed by atoms with Crippen LogP contribution in [0.15, 0.2) is 10.8 Å². The van der Waals surface area contributed by atoms with Crippen LogP contribution in [0.2, 0.25) is 0 Å². The van der Waals surface area contributed by atoms with E-state index in [1.807, 2.05) is 0 Å². The van der Waals surface area contributed by atoms with Gasteiger partial charge >= 0.3 is 0 Å². The summed E-state index contributed by atoms with van der Waals surface area (Å²) in [6.45, 7) is 3.38. The summed E-state index contributed by atoms with van der Waals surface area (Å²) in [6, 6.07) is -0.359. The van der Waals surface area contributed by atoms with Gasteiger partial charge in [0.15, 0.2) is 6.39 Å². The number of amides is 1. The lowest BCUT2D eigenvalue weighted by Crippen LogP contribution is -2.41. The molecular weight excluding hydrogens is 202 g/mol. The van der Waals surface area contributed by atoms with Crippen LogP contribution < -0.4 is 11.1 Å². The SMILES string of the molecule is Cc1ncoc1C(=O)NC(C)C(N)=S. The third kappa shape index (κ3) is 2.29. The fourth-order valence-electron chi connectivity index (χ4n) is 0.853. The van der Waals surface area contributed by atoms with Gasteiger partial charge in [0.1, 0.15) is 0 Å². The first-order valence-corrected chi connectivity index (χ1v) is 4.43. The van der Waals surface area contributed by atoms with Crippen LogP contribution in [0.25, 0.3) is 0 Å². The van der Waals surface area contributed by atoms with Gasteiger partial charge in [0.25, 0.3) is 5.91 Å². The largest absolute Gasteiger partial charge is 0.438 e. The van der Waals surface area contributed by atoms with Crippen LogP contribution >= 0.6 is 12.2 Å². The van der Waals surface area contributed by atoms with Crippen molar-refractivity contribution >= 4 is 23.1 Å². The molecular formula is C8H11N3O2S. The highest BCUT2D eigenvalue weighted by Crippen LogP contribution is 2.04. The summed E-state index contributed by atoms with van der Waals surface area (Å²) in [7, 11) is 0. The van der Waals surface area contributed by atoms with Gasteiger partial charge in [-0.25, -0.2) is 4.98 Å². The van der Waals surface area contributed by atoms with E-state index >= 15 is 0 Å². The number of nitrogens with zero attached hydrogens (tertiary/aromatic N) is 1. The summed E-state index contributed by atoms with van der Waals surface area (Å²) in [6.07, 6.45) is 1.22. The molecule has 0 aliphatic heterocycles. The second kappa shape index (κ2) is 4.19. The number of oxazole rings is 1. The van der Waals surface area contributed by atoms with Gasteiger partial charge in [-0.05, 0) is 13.8 Å². The van der Waals surface area contributed by atoms with Crippen molar-refractivity contribution in [1.29, 1.82) is 0 Å². The highest BCUT2D eigenvalue weighted by molar-refractivity contribution is 7.80. The zero-order valence-electron chi connectivity index (χ0n) is 7.90. The number of hydrogen-bond donors (Lipinski definition) is 2. The van der Waals surface area contributed by atoms with Crippen LogP contribution in [0.5, 0.6) is 0 Å². The first-order chi connectivity index (χ1) is 6.52. The van der Waals surface area contributed by atoms with Gasteiger partial charge in [-0.2, -0.15) is 0 Å². The zero-order valence-corrected chi connectivity index (χ0v) is 8.72. The van der Waals surface area contributed by atoms with E-state index in [-0.39, 0.29) is 22.7 Å². The van der Waals surface area contributed by atoms with E-state index in [2.05, 4.69) is 10.3 Å². The molecule has 1 unspecified atom stereocenters. The molecule has 1 atom stereocenters. The zero-order chi connectivity index (χ0) is 10.7. The second-order valence-electron chi connectivity index (χ2n) is 2.86. The molecule has 0 radical (unpaired) electrons. The van der Waals surface area contributed by atoms with E-state index < -0.39 is 0 Å². The van der Waals surface area contributed by atoms with Gasteiger partial charge in [0, 0.05) is 0 Å². The van der Waals surface area contributed by atoms with Crippen LogP contribution in [0, 0.1) is 6.92 Å². The molecule has 0 aromatic carbocycles. The smallest absolute Gasteiger partial charge is 0.289 e. The summed E-state index contributed by atoms with van der Waals surface area (Å²) >= 11 is 4.72. The number of aromatic nitrogens is 1. The molecule has 5 nitrogen and oxygen atoms in total. The van der Waals surface area contributed by atoms with Crippen LogP contribution in [-0.4, -0.2) is 21.9 Å². The Kier molecular flexibility index (Phi) is 3.19. The maximum atomic E-state index is 11.5. The second-order valence-corrected chi connectivity index (χ2v) is 3.34. The van der Waals surface area contributed by atoms with Crippen molar-refractivity contribution in [2.75, 3.05) is 0 Å². The van der Waals surface area contributed by atoms with Crippen LogP contribution in [0.3, 0.4) is 0 Å². The first-order valence-electron chi connectivity index (χ1n) is 4.02. The third-order valence-electron chi connectivity index (χ3n) is 1.73. The molecule has 0 saturated heterocycles. The Morgan fingerprint density at radius 3 is 2.86 bits per heavy atom. The topological polar surface area (TPSA) is 81.2 Å². The number of aryl methyl sites for hydroxylation is 1. The Balaban J connectivity index is 2.69. The molecule has 1 aromatic rings. The summed E-state index contributed by atoms with van der Waals surface area (Å²) < 4.78 is 4.90. The molecule has 0 aliphatic carbocycles. The average molecular weight is 213 g/mol. The minimum atomic E-state index is -0.361. The molecule has 1 aromatic heterocycles. The minimum absolute atomic E-state index is 0.188. The standard InChI is InChI=1S/C8H11N3O2S/c1-4-6(13-3-10-4)8(12)11-5(2)7(9)14/h3,5H,1-2H3,(H2,9,14)(H,11,12). The number of thiocarbonyl (C=S) groups is 1. The average Bonchev–Trinajstić information content (AvgIpc) is 2.51. The van der Waals surface area contributed by atoms with Crippen molar-refractivity contribution in [3.63, 3.8) is 0 Å². The molecule has 0 fully saturated rings. The van der Waals surface area contributed by atoms with E-state index in [1.165, 1.54) is 6.39 Å². The third-order valence-corrected chi connectivity index (χ3v) is 2.08. The Morgan fingerprint density at radius 2 is 2.43 bits per heavy atom. The lowest BCUT2D eigenvalue weighted by molar-refractivity contribution is 0.0920. The van der Waals surface area contributed by atoms with E-state index in [0.29, 0.717) is 5.69 Å². The molecule has 1 heterocycles. The summed E-state index contributed by atoms with van der Waals surface area (Å²) in [5.74, 6) is -0.173. The lowest BCUT2D eigenvalue weighted by Gasteiger charge is -2.10. The van der Waals surface area contributed by atoms with Crippen molar-refractivity contribution in [1.82, 2.24) is 10.3 Å². The van der Waals surface area contributed by atoms with Gasteiger partial charge < -0.3 is 15.5 Å². The fraction of sp³-hybridized carbons (Fsp3) is 0.375. The Morgan fingerprint density at radius 1 is 1.79 bits per heavy atom. The maximum Gasteiger partial charge on any atom is 0.289 e. The summed E-state index contributed by atoms with van der Waals surface area (Å²) in [5.41, 5.74) is 5.89. The van der Waals surface area contributed by atoms with Crippen molar-refractivity contribution < 1.29 is 9.21 Å². The monoisotopic (exact) mass is 213 g/mol. The predicted octanol–water partition coefficient (Wildman–Crippen LogP) is 0.387. The molecule has 0 spiro atoms. The fourth-order valence-corrected chi connectivity index (χ4v) is 0.912. The Hall–Kier alpha value is -1.43. The van der Waals surface area contributed by atoms with E-state index in [1.54, 1.807) is 13.8 Å². The number of nitrogens with two attached hydrogens (primary N) is 1. The van der Waals surface area contributed by atoms with E-state index in [9.17, 15) is 4.79 Å². The molecule has 3 N–H and O–H groups in total. The summed E-state index contributed by atoms with van der Waals surface area (Å²) in [5, 5.41) is 2.58. The molecule has 14 heavy (non-hydrogen) atoms. The molecule has 6 heteroatoms. The van der Waals surface area contributed by atoms with Gasteiger partial charge in [-0.3, -0.25) is 4.79 Å². The molecule has 1 amide bonds. The number of hydrogen-bond acceptors (Lipinski definition) is 4. The van der Waals surface area contributed by atoms with Gasteiger partial charge in [-0.1, -0.05) is 12.2 Å². The number of carbonyl (C=O) groups is 1. The lowest BCUT2D eigenvalue weighted by atomic mass is 10.3. The van der Waals surface area contributed by atoms with Crippen LogP contribution in [-0.2, 0) is 0 Å². The van der Waals surface area contributed by atoms with Gasteiger partial charge in [0.2, 0.25) is 5.76 Å². The first kappa shape index (κ1) is 10.6. The van der Waals surface area contributed by atoms with E-state index in [0.717, 1.165) is 0 Å². The predicted molar refractivity (Wildman–Crippen MR) is 55.0 cm³/mol. The number of nitrogens with one attached hydrogen (secondary N) is 1. The van der Waals surface area contributed by atoms with Crippen LogP contribution in [0.1, 0.15) is 23.2 Å². The van der Waals surface area contributed by atoms with Crippen molar-refractivity contribution in [3.05, 3.63) is 17.8 Å². The molecule has 0 bridgehead atoms. The Bertz CT molecular complexity index is 361. The quantitative estimate of drug-likeness (QED) is 0.710. The molecule has 76 valence electrons. The Labute approximate surface area is 86.7 Å². The molecule has 0 saturated carbocycles. The highest BCUT2D eigenvalue weighted by atomic mass is 32.1. The summed E-state index contributed by atoms with van der Waals surface area (Å²) in [4.78, 5) is 15.5. The number of rotatable bonds is 3. The van der Waals surface area contributed by atoms with Crippen molar-refractivity contribution in [3.8, 4) is 0 Å². The molecule has 0 aliphatic rings. The highest BCUT2D eigenvalue weighted by Gasteiger charge is 2.16. The normalized spacial score (nSPS) is 12.1. The van der Waals surface area contributed by atoms with Gasteiger partial charge in [0.05, 0.1) is 16.7 Å². The number of carbonyl (C=O) groups excluding carboxylic acids is 1.